The summed E-state index contributed by atoms with van der Waals surface area (Å²) < 4.78 is 13.2. The second-order valence-electron chi connectivity index (χ2n) is 9.23. The van der Waals surface area contributed by atoms with Crippen LogP contribution in [0.3, 0.4) is 0 Å². The van der Waals surface area contributed by atoms with Gasteiger partial charge in [0.1, 0.15) is 11.6 Å². The number of nitrogens with zero attached hydrogens (tertiary/aromatic N) is 1. The highest BCUT2D eigenvalue weighted by molar-refractivity contribution is 5.94. The van der Waals surface area contributed by atoms with E-state index in [2.05, 4.69) is 5.32 Å². The van der Waals surface area contributed by atoms with Crippen LogP contribution in [0.5, 0.6) is 0 Å². The van der Waals surface area contributed by atoms with Gasteiger partial charge in [-0.3, -0.25) is 4.79 Å². The van der Waals surface area contributed by atoms with Gasteiger partial charge in [-0.2, -0.15) is 0 Å². The fourth-order valence-electron chi connectivity index (χ4n) is 6.06. The molecule has 2 aliphatic carbocycles. The van der Waals surface area contributed by atoms with E-state index in [0.29, 0.717) is 48.0 Å². The molecule has 0 radical (unpaired) electrons. The number of Topliss-reactive ketones (excluding diaryl/α,β-unsaturated/α-hetero) is 1. The predicted molar refractivity (Wildman–Crippen MR) is 114 cm³/mol. The largest absolute Gasteiger partial charge is 0.397 e. The molecular formula is C24H26FN3O2. The van der Waals surface area contributed by atoms with Gasteiger partial charge < -0.3 is 16.0 Å². The average molecular weight is 407 g/mol. The summed E-state index contributed by atoms with van der Waals surface area (Å²) >= 11 is 0. The van der Waals surface area contributed by atoms with E-state index in [1.54, 1.807) is 25.1 Å². The van der Waals surface area contributed by atoms with E-state index in [1.165, 1.54) is 12.1 Å². The van der Waals surface area contributed by atoms with E-state index in [1.807, 2.05) is 17.0 Å². The second-order valence-corrected chi connectivity index (χ2v) is 9.23. The molecule has 0 spiro atoms. The van der Waals surface area contributed by atoms with Crippen LogP contribution in [0.2, 0.25) is 0 Å². The van der Waals surface area contributed by atoms with Crippen LogP contribution in [0.25, 0.3) is 11.1 Å². The Morgan fingerprint density at radius 2 is 1.83 bits per heavy atom. The van der Waals surface area contributed by atoms with Crippen molar-refractivity contribution in [2.45, 2.75) is 26.2 Å². The quantitative estimate of drug-likeness (QED) is 0.734. The average Bonchev–Trinajstić information content (AvgIpc) is 2.89. The molecule has 3 N–H and O–H groups in total. The Kier molecular flexibility index (Phi) is 4.34. The number of amides is 2. The smallest absolute Gasteiger partial charge is 0.321 e. The maximum atomic E-state index is 13.2. The highest BCUT2D eigenvalue weighted by Gasteiger charge is 2.63. The van der Waals surface area contributed by atoms with Crippen LogP contribution in [0.15, 0.2) is 42.5 Å². The van der Waals surface area contributed by atoms with Crippen LogP contribution in [-0.4, -0.2) is 29.8 Å². The van der Waals surface area contributed by atoms with E-state index in [9.17, 15) is 14.0 Å². The molecule has 5 rings (SSSR count). The van der Waals surface area contributed by atoms with Gasteiger partial charge in [0.15, 0.2) is 0 Å². The molecule has 30 heavy (non-hydrogen) atoms. The summed E-state index contributed by atoms with van der Waals surface area (Å²) in [7, 11) is 0. The summed E-state index contributed by atoms with van der Waals surface area (Å²) in [5.41, 5.74) is 8.78. The maximum Gasteiger partial charge on any atom is 0.321 e. The maximum absolute atomic E-state index is 13.2. The molecule has 5 nitrogen and oxygen atoms in total. The number of carbonyl (C=O) groups excluding carboxylic acids is 2. The number of nitrogens with one attached hydrogen (secondary N) is 1. The third-order valence-corrected chi connectivity index (χ3v) is 7.54. The van der Waals surface area contributed by atoms with E-state index < -0.39 is 0 Å². The topological polar surface area (TPSA) is 75.4 Å². The lowest BCUT2D eigenvalue weighted by molar-refractivity contribution is -0.142. The van der Waals surface area contributed by atoms with Crippen molar-refractivity contribution >= 4 is 23.2 Å². The van der Waals surface area contributed by atoms with Crippen molar-refractivity contribution in [1.82, 2.24) is 4.90 Å². The molecule has 3 aliphatic rings. The molecule has 2 saturated carbocycles. The Labute approximate surface area is 175 Å². The van der Waals surface area contributed by atoms with Crippen LogP contribution in [0.4, 0.5) is 20.6 Å². The van der Waals surface area contributed by atoms with Gasteiger partial charge in [-0.25, -0.2) is 9.18 Å². The molecule has 1 aliphatic heterocycles. The van der Waals surface area contributed by atoms with E-state index in [4.69, 9.17) is 5.73 Å². The van der Waals surface area contributed by atoms with Crippen molar-refractivity contribution in [3.63, 3.8) is 0 Å². The predicted octanol–water partition coefficient (Wildman–Crippen LogP) is 4.54. The zero-order chi connectivity index (χ0) is 21.0. The summed E-state index contributed by atoms with van der Waals surface area (Å²) in [5, 5.41) is 2.98. The first-order valence-electron chi connectivity index (χ1n) is 10.6. The van der Waals surface area contributed by atoms with Crippen LogP contribution in [0.1, 0.15) is 26.2 Å². The first-order chi connectivity index (χ1) is 14.4. The van der Waals surface area contributed by atoms with Gasteiger partial charge in [0, 0.05) is 18.5 Å². The van der Waals surface area contributed by atoms with Gasteiger partial charge in [0.25, 0.3) is 0 Å². The molecule has 2 aromatic rings. The van der Waals surface area contributed by atoms with Crippen LogP contribution in [0, 0.1) is 29.0 Å². The SMILES string of the molecule is CC(=O)C12CC3CC1C(CN(C(=O)Nc1cc(-c4ccc(F)cc4)ccc1N)C3)C2. The molecule has 2 amide bonds. The molecule has 2 bridgehead atoms. The summed E-state index contributed by atoms with van der Waals surface area (Å²) in [6.45, 7) is 3.11. The second kappa shape index (κ2) is 6.83. The first kappa shape index (κ1) is 19.1. The van der Waals surface area contributed by atoms with Crippen molar-refractivity contribution in [2.24, 2.45) is 23.2 Å². The van der Waals surface area contributed by atoms with E-state index >= 15 is 0 Å². The number of likely N-dealkylation sites (tertiary alicyclic amines) is 1. The highest BCUT2D eigenvalue weighted by atomic mass is 19.1. The number of ketones is 1. The van der Waals surface area contributed by atoms with Crippen molar-refractivity contribution in [1.29, 1.82) is 0 Å². The minimum atomic E-state index is -0.289. The monoisotopic (exact) mass is 407 g/mol. The summed E-state index contributed by atoms with van der Waals surface area (Å²) in [6.07, 6.45) is 2.88. The Bertz CT molecular complexity index is 1020. The Hall–Kier alpha value is -2.89. The van der Waals surface area contributed by atoms with Gasteiger partial charge in [-0.05, 0) is 79.3 Å². The number of benzene rings is 2. The molecule has 6 heteroatoms. The molecule has 1 heterocycles. The van der Waals surface area contributed by atoms with E-state index in [-0.39, 0.29) is 17.3 Å². The van der Waals surface area contributed by atoms with Crippen molar-refractivity contribution < 1.29 is 14.0 Å². The number of fused-ring (bicyclic) bond motifs is 1. The molecule has 2 aromatic carbocycles. The minimum Gasteiger partial charge on any atom is -0.397 e. The molecule has 4 unspecified atom stereocenters. The number of nitrogens with two attached hydrogens (primary N) is 1. The van der Waals surface area contributed by atoms with Crippen LogP contribution in [-0.2, 0) is 4.79 Å². The van der Waals surface area contributed by atoms with Crippen LogP contribution < -0.4 is 11.1 Å². The molecule has 1 saturated heterocycles. The Morgan fingerprint density at radius 1 is 1.10 bits per heavy atom. The first-order valence-corrected chi connectivity index (χ1v) is 10.6. The van der Waals surface area contributed by atoms with Gasteiger partial charge in [-0.1, -0.05) is 18.2 Å². The lowest BCUT2D eigenvalue weighted by atomic mass is 9.53. The van der Waals surface area contributed by atoms with E-state index in [0.717, 1.165) is 30.4 Å². The highest BCUT2D eigenvalue weighted by Crippen LogP contribution is 2.64. The lowest BCUT2D eigenvalue weighted by Crippen LogP contribution is -2.54. The molecular weight excluding hydrogens is 381 g/mol. The summed E-state index contributed by atoms with van der Waals surface area (Å²) in [5.74, 6) is 1.28. The van der Waals surface area contributed by atoms with Crippen molar-refractivity contribution in [3.8, 4) is 11.1 Å². The zero-order valence-corrected chi connectivity index (χ0v) is 17.0. The normalized spacial score (nSPS) is 29.1. The third-order valence-electron chi connectivity index (χ3n) is 7.54. The number of halogens is 1. The number of nitrogen functional groups attached to an aromatic ring is 1. The third kappa shape index (κ3) is 2.97. The van der Waals surface area contributed by atoms with Crippen molar-refractivity contribution in [3.05, 3.63) is 48.3 Å². The molecule has 156 valence electrons. The molecule has 4 atom stereocenters. The molecule has 0 aromatic heterocycles. The fourth-order valence-corrected chi connectivity index (χ4v) is 6.06. The number of rotatable bonds is 3. The van der Waals surface area contributed by atoms with Crippen LogP contribution >= 0.6 is 0 Å². The Balaban J connectivity index is 1.32. The Morgan fingerprint density at radius 3 is 2.57 bits per heavy atom. The van der Waals surface area contributed by atoms with Gasteiger partial charge in [0.05, 0.1) is 11.4 Å². The zero-order valence-electron chi connectivity index (χ0n) is 17.0. The minimum absolute atomic E-state index is 0.105. The summed E-state index contributed by atoms with van der Waals surface area (Å²) in [6, 6.07) is 11.5. The van der Waals surface area contributed by atoms with Gasteiger partial charge >= 0.3 is 6.03 Å². The lowest BCUT2D eigenvalue weighted by Gasteiger charge is -2.52. The number of hydrogen-bond acceptors (Lipinski definition) is 3. The summed E-state index contributed by atoms with van der Waals surface area (Å²) in [4.78, 5) is 27.1. The number of hydrogen-bond donors (Lipinski definition) is 2. The molecule has 3 fully saturated rings. The van der Waals surface area contributed by atoms with Gasteiger partial charge in [0.2, 0.25) is 0 Å². The van der Waals surface area contributed by atoms with Crippen molar-refractivity contribution in [2.75, 3.05) is 24.1 Å². The number of anilines is 2. The number of carbonyl (C=O) groups is 2. The fraction of sp³-hybridized carbons (Fsp3) is 0.417. The van der Waals surface area contributed by atoms with Gasteiger partial charge in [-0.15, -0.1) is 0 Å². The standard InChI is InChI=1S/C24H26FN3O2/c1-14(29)24-10-15-8-20(24)18(11-24)13-28(12-15)23(30)27-22-9-17(4-7-21(22)26)16-2-5-19(25)6-3-16/h2-7,9,15,18,20H,8,10-13,26H2,1H3,(H,27,30). The number of urea groups is 1.